The summed E-state index contributed by atoms with van der Waals surface area (Å²) in [5.74, 6) is 0.547. The molecule has 0 heterocycles. The van der Waals surface area contributed by atoms with Crippen LogP contribution in [0.1, 0.15) is 0 Å². The molecule has 0 aliphatic rings. The normalized spacial score (nSPS) is 12.6. The summed E-state index contributed by atoms with van der Waals surface area (Å²) in [6.45, 7) is 0. The van der Waals surface area contributed by atoms with Gasteiger partial charge in [-0.05, 0) is 56.6 Å². The maximum Gasteiger partial charge on any atom is 0.131 e. The molecule has 4 heteroatoms. The summed E-state index contributed by atoms with van der Waals surface area (Å²) in [5.41, 5.74) is 15.1. The second kappa shape index (κ2) is 6.36. The highest BCUT2D eigenvalue weighted by atomic mass is 16.3. The minimum Gasteiger partial charge on any atom is -0.507 e. The molecule has 4 nitrogen and oxygen atoms in total. The second-order valence-electron chi connectivity index (χ2n) is 10.4. The molecule has 0 saturated carbocycles. The highest BCUT2D eigenvalue weighted by Gasteiger charge is 2.24. The minimum absolute atomic E-state index is 0.274. The summed E-state index contributed by atoms with van der Waals surface area (Å²) in [4.78, 5) is 0. The molecule has 0 fully saturated rings. The van der Waals surface area contributed by atoms with Crippen LogP contribution in [0.5, 0.6) is 11.5 Å². The fourth-order valence-electron chi connectivity index (χ4n) is 7.12. The summed E-state index contributed by atoms with van der Waals surface area (Å²) in [5, 5.41) is 37.7. The lowest BCUT2D eigenvalue weighted by Gasteiger charge is -2.22. The highest BCUT2D eigenvalue weighted by Crippen LogP contribution is 2.53. The van der Waals surface area contributed by atoms with Crippen molar-refractivity contribution in [2.45, 2.75) is 0 Å². The van der Waals surface area contributed by atoms with E-state index < -0.39 is 0 Å². The molecule has 0 atom stereocenters. The van der Waals surface area contributed by atoms with Crippen LogP contribution < -0.4 is 11.5 Å². The van der Waals surface area contributed by atoms with Crippen LogP contribution in [0.25, 0.3) is 86.2 Å². The van der Waals surface area contributed by atoms with Crippen LogP contribution in [-0.2, 0) is 0 Å². The van der Waals surface area contributed by atoms with E-state index in [1.165, 1.54) is 0 Å². The van der Waals surface area contributed by atoms with E-state index in [9.17, 15) is 10.2 Å². The molecule has 0 saturated heterocycles. The first-order valence-electron chi connectivity index (χ1n) is 12.7. The van der Waals surface area contributed by atoms with E-state index in [1.807, 2.05) is 72.8 Å². The molecular weight excluding hydrogens is 468 g/mol. The van der Waals surface area contributed by atoms with Gasteiger partial charge >= 0.3 is 0 Å². The average Bonchev–Trinajstić information content (AvgIpc) is 2.95. The summed E-state index contributed by atoms with van der Waals surface area (Å²) >= 11 is 0. The number of benzene rings is 9. The third-order valence-electron chi connectivity index (χ3n) is 8.62. The zero-order chi connectivity index (χ0) is 25.4. The van der Waals surface area contributed by atoms with Crippen LogP contribution in [0, 0.1) is 0 Å². The summed E-state index contributed by atoms with van der Waals surface area (Å²) in [6.07, 6.45) is 0. The maximum absolute atomic E-state index is 11.3. The van der Waals surface area contributed by atoms with Crippen LogP contribution in [0.3, 0.4) is 0 Å². The van der Waals surface area contributed by atoms with E-state index in [4.69, 9.17) is 11.5 Å². The Kier molecular flexibility index (Phi) is 3.33. The average molecular weight is 489 g/mol. The van der Waals surface area contributed by atoms with Crippen molar-refractivity contribution in [3.63, 3.8) is 0 Å². The van der Waals surface area contributed by atoms with Gasteiger partial charge in [0.05, 0.1) is 0 Å². The van der Waals surface area contributed by atoms with Crippen molar-refractivity contribution in [3.8, 4) is 11.5 Å². The molecule has 0 amide bonds. The third-order valence-corrected chi connectivity index (χ3v) is 8.62. The lowest BCUT2D eigenvalue weighted by molar-refractivity contribution is 0.487. The van der Waals surface area contributed by atoms with E-state index in [-0.39, 0.29) is 11.5 Å². The Labute approximate surface area is 215 Å². The number of nitrogens with two attached hydrogens (primary N) is 2. The smallest absolute Gasteiger partial charge is 0.131 e. The van der Waals surface area contributed by atoms with Crippen LogP contribution in [0.4, 0.5) is 11.4 Å². The molecule has 178 valence electrons. The number of aromatic hydroxyl groups is 2. The number of nitrogen functional groups attached to an aromatic ring is 2. The Bertz CT molecular complexity index is 2320. The largest absolute Gasteiger partial charge is 0.507 e. The summed E-state index contributed by atoms with van der Waals surface area (Å²) in [6, 6.07) is 28.0. The molecule has 0 aliphatic carbocycles. The number of rotatable bonds is 0. The van der Waals surface area contributed by atoms with Gasteiger partial charge in [0.2, 0.25) is 0 Å². The predicted molar refractivity (Wildman–Crippen MR) is 161 cm³/mol. The molecule has 0 aliphatic heterocycles. The molecule has 9 aromatic rings. The topological polar surface area (TPSA) is 92.5 Å². The van der Waals surface area contributed by atoms with E-state index in [0.717, 1.165) is 86.2 Å². The number of anilines is 2. The maximum atomic E-state index is 11.3. The van der Waals surface area contributed by atoms with Crippen LogP contribution in [-0.4, -0.2) is 10.2 Å². The van der Waals surface area contributed by atoms with Crippen molar-refractivity contribution in [2.75, 3.05) is 11.5 Å². The molecule has 9 rings (SSSR count). The van der Waals surface area contributed by atoms with Crippen LogP contribution in [0.2, 0.25) is 0 Å². The van der Waals surface area contributed by atoms with Crippen molar-refractivity contribution in [1.29, 1.82) is 0 Å². The monoisotopic (exact) mass is 488 g/mol. The molecular formula is C34H20N2O2. The Morgan fingerprint density at radius 3 is 1.13 bits per heavy atom. The first-order valence-corrected chi connectivity index (χ1v) is 12.7. The van der Waals surface area contributed by atoms with E-state index in [1.54, 1.807) is 0 Å². The van der Waals surface area contributed by atoms with Gasteiger partial charge in [-0.3, -0.25) is 0 Å². The van der Waals surface area contributed by atoms with Crippen molar-refractivity contribution < 1.29 is 10.2 Å². The van der Waals surface area contributed by atoms with E-state index in [2.05, 4.69) is 12.1 Å². The molecule has 0 aromatic heterocycles. The van der Waals surface area contributed by atoms with E-state index >= 15 is 0 Å². The molecule has 9 aromatic carbocycles. The third kappa shape index (κ3) is 2.07. The Morgan fingerprint density at radius 2 is 0.711 bits per heavy atom. The van der Waals surface area contributed by atoms with Crippen molar-refractivity contribution in [1.82, 2.24) is 0 Å². The standard InChI is InChI=1S/C34H20N2O2/c35-25-13-23-15-5-1-3-7-19(15)33(37)21-11-9-17-18-10-12-22-28-24(16-6-2-4-8-20(16)34(22)38)14-26(36)32(30(18)28)31(25)29(17)27(21)23/h1-14,37-38H,35-36H2. The number of phenols is 2. The van der Waals surface area contributed by atoms with Gasteiger partial charge in [-0.15, -0.1) is 0 Å². The summed E-state index contributed by atoms with van der Waals surface area (Å²) < 4.78 is 0. The molecule has 0 bridgehead atoms. The highest BCUT2D eigenvalue weighted by molar-refractivity contribution is 6.46. The molecule has 0 radical (unpaired) electrons. The SMILES string of the molecule is Nc1cc2c3ccccc3c(O)c3ccc4c5ccc6c(O)c7ccccc7c7cc(N)c(c1c4c32)c5c67. The molecule has 38 heavy (non-hydrogen) atoms. The van der Waals surface area contributed by atoms with Gasteiger partial charge in [-0.2, -0.15) is 0 Å². The van der Waals surface area contributed by atoms with Gasteiger partial charge in [0.15, 0.2) is 0 Å². The number of phenolic OH excluding ortho intramolecular Hbond substituents is 2. The van der Waals surface area contributed by atoms with Crippen LogP contribution in [0.15, 0.2) is 84.9 Å². The Balaban J connectivity index is 1.66. The van der Waals surface area contributed by atoms with Crippen LogP contribution >= 0.6 is 0 Å². The zero-order valence-corrected chi connectivity index (χ0v) is 20.1. The molecule has 0 unspecified atom stereocenters. The van der Waals surface area contributed by atoms with Crippen molar-refractivity contribution in [2.24, 2.45) is 0 Å². The fourth-order valence-corrected chi connectivity index (χ4v) is 7.12. The number of fused-ring (bicyclic) bond motifs is 6. The van der Waals surface area contributed by atoms with Gasteiger partial charge in [-0.25, -0.2) is 0 Å². The fraction of sp³-hybridized carbons (Fsp3) is 0. The minimum atomic E-state index is 0.274. The second-order valence-corrected chi connectivity index (χ2v) is 10.4. The van der Waals surface area contributed by atoms with Gasteiger partial charge in [0.25, 0.3) is 0 Å². The van der Waals surface area contributed by atoms with Crippen molar-refractivity contribution in [3.05, 3.63) is 84.9 Å². The zero-order valence-electron chi connectivity index (χ0n) is 20.1. The Hall–Kier alpha value is -5.22. The molecule has 0 spiro atoms. The number of hydrogen-bond donors (Lipinski definition) is 4. The lowest BCUT2D eigenvalue weighted by atomic mass is 9.82. The summed E-state index contributed by atoms with van der Waals surface area (Å²) in [7, 11) is 0. The first-order chi connectivity index (χ1) is 18.5. The van der Waals surface area contributed by atoms with Gasteiger partial charge in [0, 0.05) is 65.2 Å². The van der Waals surface area contributed by atoms with Gasteiger partial charge < -0.3 is 21.7 Å². The predicted octanol–water partition coefficient (Wildman–Crippen LogP) is 8.36. The van der Waals surface area contributed by atoms with Gasteiger partial charge in [-0.1, -0.05) is 60.7 Å². The molecule has 6 N–H and O–H groups in total. The Morgan fingerprint density at radius 1 is 0.342 bits per heavy atom. The first kappa shape index (κ1) is 19.9. The van der Waals surface area contributed by atoms with Crippen molar-refractivity contribution >= 4 is 97.6 Å². The quantitative estimate of drug-likeness (QED) is 0.0980. The van der Waals surface area contributed by atoms with Gasteiger partial charge in [0.1, 0.15) is 11.5 Å². The number of hydrogen-bond acceptors (Lipinski definition) is 4. The van der Waals surface area contributed by atoms with E-state index in [0.29, 0.717) is 11.4 Å². The lowest BCUT2D eigenvalue weighted by Crippen LogP contribution is -1.98.